The molecule has 184 valence electrons. The summed E-state index contributed by atoms with van der Waals surface area (Å²) in [6, 6.07) is 8.21. The van der Waals surface area contributed by atoms with Crippen LogP contribution in [0.25, 0.3) is 6.08 Å². The Bertz CT molecular complexity index is 749. The summed E-state index contributed by atoms with van der Waals surface area (Å²) in [7, 11) is 4.05. The van der Waals surface area contributed by atoms with E-state index in [4.69, 9.17) is 0 Å². The zero-order chi connectivity index (χ0) is 23.9. The van der Waals surface area contributed by atoms with Gasteiger partial charge >= 0.3 is 0 Å². The molecule has 0 spiro atoms. The molecule has 1 heterocycles. The molecule has 0 unspecified atom stereocenters. The molecule has 0 atom stereocenters. The van der Waals surface area contributed by atoms with Crippen molar-refractivity contribution in [3.63, 3.8) is 0 Å². The average molecular weight is 454 g/mol. The van der Waals surface area contributed by atoms with Crippen molar-refractivity contribution in [2.75, 3.05) is 25.5 Å². The molecular formula is C29H47N3O. The molecule has 0 aromatic heterocycles. The lowest BCUT2D eigenvalue weighted by molar-refractivity contribution is -0.122. The first kappa shape index (κ1) is 27.1. The second-order valence-corrected chi connectivity index (χ2v) is 9.73. The molecule has 1 aromatic rings. The largest absolute Gasteiger partial charge is 0.378 e. The molecular weight excluding hydrogens is 406 g/mol. The number of amidine groups is 1. The van der Waals surface area contributed by atoms with E-state index in [0.29, 0.717) is 5.70 Å². The van der Waals surface area contributed by atoms with E-state index in [-0.39, 0.29) is 5.91 Å². The molecule has 2 rings (SSSR count). The lowest BCUT2D eigenvalue weighted by Crippen LogP contribution is -2.31. The van der Waals surface area contributed by atoms with Gasteiger partial charge in [-0.25, -0.2) is 4.99 Å². The van der Waals surface area contributed by atoms with Crippen LogP contribution in [0.15, 0.2) is 35.0 Å². The monoisotopic (exact) mass is 453 g/mol. The zero-order valence-electron chi connectivity index (χ0n) is 21.7. The van der Waals surface area contributed by atoms with Crippen molar-refractivity contribution in [3.05, 3.63) is 35.5 Å². The molecule has 1 amide bonds. The van der Waals surface area contributed by atoms with Crippen LogP contribution in [-0.2, 0) is 4.79 Å². The fraction of sp³-hybridized carbons (Fsp3) is 0.655. The van der Waals surface area contributed by atoms with Crippen LogP contribution in [0, 0.1) is 0 Å². The van der Waals surface area contributed by atoms with E-state index >= 15 is 0 Å². The Balaban J connectivity index is 1.56. The molecule has 0 aliphatic carbocycles. The van der Waals surface area contributed by atoms with Gasteiger partial charge in [-0.15, -0.1) is 0 Å². The lowest BCUT2D eigenvalue weighted by Gasteiger charge is -2.15. The number of anilines is 1. The van der Waals surface area contributed by atoms with Gasteiger partial charge in [0.25, 0.3) is 5.91 Å². The van der Waals surface area contributed by atoms with Gasteiger partial charge in [-0.1, -0.05) is 103 Å². The topological polar surface area (TPSA) is 35.9 Å². The van der Waals surface area contributed by atoms with E-state index in [0.717, 1.165) is 30.1 Å². The lowest BCUT2D eigenvalue weighted by atomic mass is 10.0. The van der Waals surface area contributed by atoms with Gasteiger partial charge in [-0.3, -0.25) is 9.69 Å². The number of carbonyl (C=O) groups is 1. The Labute approximate surface area is 203 Å². The zero-order valence-corrected chi connectivity index (χ0v) is 21.7. The molecule has 33 heavy (non-hydrogen) atoms. The Kier molecular flexibility index (Phi) is 12.9. The van der Waals surface area contributed by atoms with E-state index < -0.39 is 0 Å². The number of benzene rings is 1. The molecule has 1 aromatic carbocycles. The number of aliphatic imine (C=N–C) groups is 1. The van der Waals surface area contributed by atoms with Crippen molar-refractivity contribution in [1.82, 2.24) is 4.90 Å². The van der Waals surface area contributed by atoms with Gasteiger partial charge in [0.1, 0.15) is 11.5 Å². The highest BCUT2D eigenvalue weighted by atomic mass is 16.2. The van der Waals surface area contributed by atoms with Crippen molar-refractivity contribution in [2.45, 2.75) is 104 Å². The highest BCUT2D eigenvalue weighted by molar-refractivity contribution is 6.13. The third-order valence-electron chi connectivity index (χ3n) is 6.59. The van der Waals surface area contributed by atoms with Gasteiger partial charge in [0.05, 0.1) is 0 Å². The maximum absolute atomic E-state index is 12.8. The number of amides is 1. The minimum absolute atomic E-state index is 0.0406. The van der Waals surface area contributed by atoms with Crippen LogP contribution in [0.4, 0.5) is 5.69 Å². The van der Waals surface area contributed by atoms with Crippen LogP contribution in [0.1, 0.15) is 109 Å². The van der Waals surface area contributed by atoms with E-state index in [9.17, 15) is 4.79 Å². The second kappa shape index (κ2) is 15.7. The molecule has 0 fully saturated rings. The third kappa shape index (κ3) is 10.1. The van der Waals surface area contributed by atoms with Gasteiger partial charge < -0.3 is 4.90 Å². The fourth-order valence-electron chi connectivity index (χ4n) is 4.42. The first-order valence-corrected chi connectivity index (χ1v) is 13.4. The molecule has 0 N–H and O–H groups in total. The first-order chi connectivity index (χ1) is 16.0. The first-order valence-electron chi connectivity index (χ1n) is 13.4. The molecule has 0 bridgehead atoms. The summed E-state index contributed by atoms with van der Waals surface area (Å²) >= 11 is 0. The predicted octanol–water partition coefficient (Wildman–Crippen LogP) is 7.84. The third-order valence-corrected chi connectivity index (χ3v) is 6.59. The normalized spacial score (nSPS) is 14.9. The second-order valence-electron chi connectivity index (χ2n) is 9.73. The van der Waals surface area contributed by atoms with Crippen molar-refractivity contribution in [1.29, 1.82) is 0 Å². The minimum Gasteiger partial charge on any atom is -0.378 e. The number of hydrogen-bond donors (Lipinski definition) is 0. The van der Waals surface area contributed by atoms with Crippen LogP contribution in [0.3, 0.4) is 0 Å². The summed E-state index contributed by atoms with van der Waals surface area (Å²) < 4.78 is 0. The molecule has 1 aliphatic heterocycles. The van der Waals surface area contributed by atoms with Gasteiger partial charge in [-0.2, -0.15) is 0 Å². The Hall–Kier alpha value is -2.10. The summed E-state index contributed by atoms with van der Waals surface area (Å²) in [5, 5.41) is 0. The van der Waals surface area contributed by atoms with Crippen molar-refractivity contribution < 1.29 is 4.79 Å². The SMILES string of the molecule is CCCCCCCCCCCCCCCCN1C(=O)/C(=C\c2ccc(N(C)C)cc2)N=C1C. The average Bonchev–Trinajstić information content (AvgIpc) is 3.06. The predicted molar refractivity (Wildman–Crippen MR) is 144 cm³/mol. The van der Waals surface area contributed by atoms with E-state index in [1.165, 1.54) is 83.5 Å². The standard InChI is InChI=1S/C29H47N3O/c1-5-6-7-8-9-10-11-12-13-14-15-16-17-18-23-32-25(2)30-28(29(32)33)24-26-19-21-27(22-20-26)31(3)4/h19-22,24H,5-18,23H2,1-4H3/b28-24+. The Morgan fingerprint density at radius 1 is 0.788 bits per heavy atom. The fourth-order valence-corrected chi connectivity index (χ4v) is 4.42. The number of unbranched alkanes of at least 4 members (excludes halogenated alkanes) is 13. The number of rotatable bonds is 17. The van der Waals surface area contributed by atoms with Crippen molar-refractivity contribution in [2.24, 2.45) is 4.99 Å². The maximum atomic E-state index is 12.8. The van der Waals surface area contributed by atoms with Crippen LogP contribution < -0.4 is 4.90 Å². The number of nitrogens with zero attached hydrogens (tertiary/aromatic N) is 3. The molecule has 0 radical (unpaired) electrons. The minimum atomic E-state index is 0.0406. The molecule has 1 aliphatic rings. The van der Waals surface area contributed by atoms with Gasteiger partial charge in [0.15, 0.2) is 0 Å². The van der Waals surface area contributed by atoms with E-state index in [1.54, 1.807) is 0 Å². The smallest absolute Gasteiger partial charge is 0.277 e. The van der Waals surface area contributed by atoms with Gasteiger partial charge in [0, 0.05) is 26.3 Å². The summed E-state index contributed by atoms with van der Waals surface area (Å²) in [4.78, 5) is 21.2. The highest BCUT2D eigenvalue weighted by Gasteiger charge is 2.26. The molecule has 0 saturated carbocycles. The summed E-state index contributed by atoms with van der Waals surface area (Å²) in [6.45, 7) is 5.00. The van der Waals surface area contributed by atoms with Crippen LogP contribution >= 0.6 is 0 Å². The quantitative estimate of drug-likeness (QED) is 0.178. The molecule has 4 heteroatoms. The summed E-state index contributed by atoms with van der Waals surface area (Å²) in [6.07, 6.45) is 20.8. The van der Waals surface area contributed by atoms with Gasteiger partial charge in [0.2, 0.25) is 0 Å². The summed E-state index contributed by atoms with van der Waals surface area (Å²) in [5.74, 6) is 0.865. The highest BCUT2D eigenvalue weighted by Crippen LogP contribution is 2.21. The Morgan fingerprint density at radius 2 is 1.27 bits per heavy atom. The van der Waals surface area contributed by atoms with E-state index in [1.807, 2.05) is 44.1 Å². The maximum Gasteiger partial charge on any atom is 0.277 e. The Morgan fingerprint density at radius 3 is 1.76 bits per heavy atom. The van der Waals surface area contributed by atoms with Crippen molar-refractivity contribution >= 4 is 23.5 Å². The van der Waals surface area contributed by atoms with Crippen molar-refractivity contribution in [3.8, 4) is 0 Å². The number of hydrogen-bond acceptors (Lipinski definition) is 3. The number of carbonyl (C=O) groups excluding carboxylic acids is 1. The van der Waals surface area contributed by atoms with Crippen LogP contribution in [-0.4, -0.2) is 37.3 Å². The van der Waals surface area contributed by atoms with Crippen LogP contribution in [0.5, 0.6) is 0 Å². The van der Waals surface area contributed by atoms with E-state index in [2.05, 4.69) is 28.9 Å². The molecule has 0 saturated heterocycles. The van der Waals surface area contributed by atoms with Crippen LogP contribution in [0.2, 0.25) is 0 Å². The van der Waals surface area contributed by atoms with Gasteiger partial charge in [-0.05, 0) is 37.1 Å². The molecule has 4 nitrogen and oxygen atoms in total. The summed E-state index contributed by atoms with van der Waals surface area (Å²) in [5.41, 5.74) is 2.71.